The van der Waals surface area contributed by atoms with E-state index in [0.717, 1.165) is 18.5 Å². The largest absolute Gasteiger partial charge is 0 e. The second-order valence-corrected chi connectivity index (χ2v) is 9.78. The average Bonchev–Trinajstić information content (AvgIpc) is 2.85. The summed E-state index contributed by atoms with van der Waals surface area (Å²) in [6.45, 7) is 4.84. The quantitative estimate of drug-likeness (QED) is 0.160. The van der Waals surface area contributed by atoms with Crippen LogP contribution in [0.5, 0.6) is 0 Å². The minimum absolute atomic E-state index is 0. The first-order valence-corrected chi connectivity index (χ1v) is 13.3. The van der Waals surface area contributed by atoms with Gasteiger partial charge in [-0.25, -0.2) is 0 Å². The van der Waals surface area contributed by atoms with Crippen molar-refractivity contribution in [1.82, 2.24) is 0 Å². The molecule has 0 saturated carbocycles. The van der Waals surface area contributed by atoms with E-state index in [0.29, 0.717) is 0 Å². The molecule has 0 amide bonds. The Labute approximate surface area is 238 Å². The van der Waals surface area contributed by atoms with Gasteiger partial charge in [-0.05, 0) is 23.4 Å². The van der Waals surface area contributed by atoms with Crippen LogP contribution in [-0.4, -0.2) is 16.8 Å². The van der Waals surface area contributed by atoms with Crippen molar-refractivity contribution >= 4 is 15.8 Å². The molecule has 0 N–H and O–H groups in total. The zero-order valence-electron chi connectivity index (χ0n) is 18.7. The van der Waals surface area contributed by atoms with E-state index in [1.165, 1.54) is 61.7 Å². The molecule has 1 aliphatic heterocycles. The minimum atomic E-state index is 0. The molecule has 0 saturated heterocycles. The fourth-order valence-electron chi connectivity index (χ4n) is 3.84. The maximum atomic E-state index is 4.61. The molecule has 0 unspecified atom stereocenters. The molecule has 0 aromatic heterocycles. The van der Waals surface area contributed by atoms with E-state index in [1.807, 2.05) is 12.1 Å². The van der Waals surface area contributed by atoms with Crippen molar-refractivity contribution in [2.75, 3.05) is 12.8 Å². The van der Waals surface area contributed by atoms with E-state index in [2.05, 4.69) is 103 Å². The number of nitrogens with zero attached hydrogens (tertiary/aromatic N) is 1. The first kappa shape index (κ1) is 26.3. The molecule has 0 aliphatic carbocycles. The Balaban J connectivity index is 0.000000182. The SMILES string of the molecule is [CH2-]c1ccc(-c2ccccc2SC)cc1.[W]=[C]1[N-]CCc2cccc(-c3ccccc3)c21.[Y]. The zero-order valence-corrected chi connectivity index (χ0v) is 25.3. The van der Waals surface area contributed by atoms with Gasteiger partial charge in [-0.1, -0.05) is 18.2 Å². The van der Waals surface area contributed by atoms with Gasteiger partial charge in [-0.15, -0.1) is 23.9 Å². The van der Waals surface area contributed by atoms with Crippen molar-refractivity contribution < 1.29 is 52.1 Å². The summed E-state index contributed by atoms with van der Waals surface area (Å²) in [6, 6.07) is 34.0. The van der Waals surface area contributed by atoms with Gasteiger partial charge in [0, 0.05) is 37.6 Å². The van der Waals surface area contributed by atoms with Gasteiger partial charge >= 0.3 is 112 Å². The van der Waals surface area contributed by atoms with Crippen molar-refractivity contribution in [3.05, 3.63) is 126 Å². The Morgan fingerprint density at radius 2 is 1.39 bits per heavy atom. The summed E-state index contributed by atoms with van der Waals surface area (Å²) in [4.78, 5) is 1.31. The van der Waals surface area contributed by atoms with Crippen LogP contribution in [0, 0.1) is 6.92 Å². The van der Waals surface area contributed by atoms with E-state index in [1.54, 1.807) is 11.8 Å². The van der Waals surface area contributed by atoms with Crippen LogP contribution in [0.4, 0.5) is 0 Å². The van der Waals surface area contributed by atoms with Gasteiger partial charge in [0.25, 0.3) is 0 Å². The fraction of sp³-hybridized carbons (Fsp3) is 0.103. The average molecular weight is 692 g/mol. The van der Waals surface area contributed by atoms with Gasteiger partial charge in [-0.2, -0.15) is 24.6 Å². The van der Waals surface area contributed by atoms with Gasteiger partial charge in [0.15, 0.2) is 0 Å². The van der Waals surface area contributed by atoms with Gasteiger partial charge < -0.3 is 0 Å². The molecule has 1 heterocycles. The summed E-state index contributed by atoms with van der Waals surface area (Å²) in [5, 5.41) is 4.61. The first-order chi connectivity index (χ1) is 15.7. The van der Waals surface area contributed by atoms with E-state index >= 15 is 0 Å². The summed E-state index contributed by atoms with van der Waals surface area (Å²) in [5.41, 5.74) is 9.06. The van der Waals surface area contributed by atoms with Gasteiger partial charge in [0.1, 0.15) is 0 Å². The Kier molecular flexibility index (Phi) is 10.4. The standard InChI is InChI=1S/C15H12N.C14H13S.W.Y/c1-2-5-12(6-3-1)14-8-4-7-13-9-10-16-11-15(13)14;1-11-7-9-12(10-8-11)13-5-3-4-6-14(13)15-2;;/h1-8H,9-10H2;3-10H,1H2,2H3;;/q2*-1;;. The van der Waals surface area contributed by atoms with Crippen LogP contribution in [0.2, 0.25) is 0 Å². The van der Waals surface area contributed by atoms with Gasteiger partial charge in [0.05, 0.1) is 0 Å². The molecular weight excluding hydrogens is 667 g/mol. The molecule has 1 nitrogen and oxygen atoms in total. The van der Waals surface area contributed by atoms with E-state index in [9.17, 15) is 0 Å². The van der Waals surface area contributed by atoms with Crippen molar-refractivity contribution in [3.8, 4) is 22.3 Å². The predicted octanol–water partition coefficient (Wildman–Crippen LogP) is 7.56. The van der Waals surface area contributed by atoms with Gasteiger partial charge in [-0.3, -0.25) is 0 Å². The number of benzene rings is 4. The topological polar surface area (TPSA) is 14.1 Å². The first-order valence-electron chi connectivity index (χ1n) is 10.6. The third-order valence-corrected chi connectivity index (χ3v) is 7.45. The number of hydrogen-bond donors (Lipinski definition) is 0. The Hall–Kier alpha value is -1.28. The van der Waals surface area contributed by atoms with E-state index in [-0.39, 0.29) is 32.7 Å². The van der Waals surface area contributed by atoms with Crippen LogP contribution >= 0.6 is 11.8 Å². The molecule has 0 atom stereocenters. The molecule has 163 valence electrons. The third kappa shape index (κ3) is 6.65. The van der Waals surface area contributed by atoms with Crippen LogP contribution in [-0.2, 0) is 58.5 Å². The monoisotopic (exact) mass is 692 g/mol. The number of fused-ring (bicyclic) bond motifs is 1. The molecular formula is C29H25NSWY-2. The molecule has 4 heteroatoms. The summed E-state index contributed by atoms with van der Waals surface area (Å²) < 4.78 is 1.26. The maximum absolute atomic E-state index is 4.61. The smallest absolute Gasteiger partial charge is 0 e. The Morgan fingerprint density at radius 3 is 2.12 bits per heavy atom. The van der Waals surface area contributed by atoms with Crippen LogP contribution in [0.15, 0.2) is 102 Å². The number of hydrogen-bond acceptors (Lipinski definition) is 1. The number of rotatable bonds is 3. The molecule has 0 bridgehead atoms. The normalized spacial score (nSPS) is 12.1. The van der Waals surface area contributed by atoms with Crippen molar-refractivity contribution in [1.29, 1.82) is 0 Å². The fourth-order valence-corrected chi connectivity index (χ4v) is 5.66. The van der Waals surface area contributed by atoms with E-state index < -0.39 is 0 Å². The van der Waals surface area contributed by atoms with Gasteiger partial charge in [0.2, 0.25) is 0 Å². The van der Waals surface area contributed by atoms with Crippen LogP contribution < -0.4 is 0 Å². The molecule has 0 spiro atoms. The number of thioether (sulfide) groups is 1. The Bertz CT molecular complexity index is 1210. The van der Waals surface area contributed by atoms with Crippen molar-refractivity contribution in [2.45, 2.75) is 11.3 Å². The summed E-state index contributed by atoms with van der Waals surface area (Å²) in [5.74, 6) is 0. The molecule has 5 rings (SSSR count). The zero-order chi connectivity index (χ0) is 22.3. The minimum Gasteiger partial charge on any atom is 0 e. The molecule has 1 aliphatic rings. The Morgan fingerprint density at radius 1 is 0.758 bits per heavy atom. The van der Waals surface area contributed by atoms with Crippen LogP contribution in [0.25, 0.3) is 27.6 Å². The maximum Gasteiger partial charge on any atom is 0 e. The molecule has 33 heavy (non-hydrogen) atoms. The third-order valence-electron chi connectivity index (χ3n) is 5.46. The summed E-state index contributed by atoms with van der Waals surface area (Å²) in [7, 11) is 0. The molecule has 0 fully saturated rings. The molecule has 4 aromatic rings. The van der Waals surface area contributed by atoms with E-state index in [4.69, 9.17) is 0 Å². The summed E-state index contributed by atoms with van der Waals surface area (Å²) in [6.07, 6.45) is 3.18. The van der Waals surface area contributed by atoms with Crippen LogP contribution in [0.1, 0.15) is 16.7 Å². The second kappa shape index (κ2) is 13.0. The van der Waals surface area contributed by atoms with Crippen molar-refractivity contribution in [2.24, 2.45) is 0 Å². The van der Waals surface area contributed by atoms with Crippen LogP contribution in [0.3, 0.4) is 0 Å². The molecule has 4 aromatic carbocycles. The van der Waals surface area contributed by atoms with Crippen molar-refractivity contribution in [3.63, 3.8) is 0 Å². The second-order valence-electron chi connectivity index (χ2n) is 7.54. The predicted molar refractivity (Wildman–Crippen MR) is 136 cm³/mol. The summed E-state index contributed by atoms with van der Waals surface area (Å²) >= 11 is 3.24. The molecule has 1 radical (unpaired) electrons.